The van der Waals surface area contributed by atoms with Crippen LogP contribution in [0.4, 0.5) is 0 Å². The Morgan fingerprint density at radius 1 is 1.00 bits per heavy atom. The summed E-state index contributed by atoms with van der Waals surface area (Å²) in [6.45, 7) is 7.45. The van der Waals surface area contributed by atoms with Crippen molar-refractivity contribution in [3.8, 4) is 0 Å². The lowest BCUT2D eigenvalue weighted by Gasteiger charge is -2.27. The van der Waals surface area contributed by atoms with Gasteiger partial charge in [0, 0.05) is 0 Å². The second kappa shape index (κ2) is 8.83. The fourth-order valence-corrected chi connectivity index (χ4v) is 1.39. The predicted octanol–water partition coefficient (Wildman–Crippen LogP) is 0.657. The van der Waals surface area contributed by atoms with Gasteiger partial charge >= 0.3 is 0 Å². The quantitative estimate of drug-likeness (QED) is 0.524. The van der Waals surface area contributed by atoms with Crippen LogP contribution in [0.25, 0.3) is 0 Å². The van der Waals surface area contributed by atoms with Crippen LogP contribution in [-0.4, -0.2) is 52.6 Å². The molecule has 0 radical (unpaired) electrons. The zero-order valence-electron chi connectivity index (χ0n) is 11.2. The Labute approximate surface area is 103 Å². The van der Waals surface area contributed by atoms with E-state index in [1.807, 2.05) is 13.8 Å². The van der Waals surface area contributed by atoms with Crippen molar-refractivity contribution in [3.05, 3.63) is 0 Å². The normalized spacial score (nSPS) is 17.5. The second-order valence-electron chi connectivity index (χ2n) is 4.31. The molecule has 0 aliphatic carbocycles. The predicted molar refractivity (Wildman–Crippen MR) is 64.6 cm³/mol. The third-order valence-corrected chi connectivity index (χ3v) is 2.75. The van der Waals surface area contributed by atoms with Crippen molar-refractivity contribution >= 4 is 0 Å². The Morgan fingerprint density at radius 2 is 1.53 bits per heavy atom. The van der Waals surface area contributed by atoms with E-state index in [1.165, 1.54) is 6.92 Å². The lowest BCUT2D eigenvalue weighted by Crippen LogP contribution is -2.39. The third kappa shape index (κ3) is 6.95. The molecule has 0 saturated heterocycles. The van der Waals surface area contributed by atoms with Gasteiger partial charge in [0.15, 0.2) is 6.29 Å². The maximum Gasteiger partial charge on any atom is 0.178 e. The fourth-order valence-electron chi connectivity index (χ4n) is 1.39. The van der Waals surface area contributed by atoms with Crippen molar-refractivity contribution in [3.63, 3.8) is 0 Å². The highest BCUT2D eigenvalue weighted by molar-refractivity contribution is 4.68. The van der Waals surface area contributed by atoms with Crippen LogP contribution in [0.15, 0.2) is 0 Å². The van der Waals surface area contributed by atoms with E-state index in [9.17, 15) is 5.11 Å². The zero-order chi connectivity index (χ0) is 13.4. The maximum atomic E-state index is 9.53. The third-order valence-electron chi connectivity index (χ3n) is 2.75. The highest BCUT2D eigenvalue weighted by atomic mass is 16.6. The molecule has 17 heavy (non-hydrogen) atoms. The highest BCUT2D eigenvalue weighted by Crippen LogP contribution is 2.10. The molecular weight excluding hydrogens is 224 g/mol. The topological polar surface area (TPSA) is 79.2 Å². The molecule has 0 amide bonds. The molecule has 5 heteroatoms. The average Bonchev–Trinajstić information content (AvgIpc) is 2.27. The maximum absolute atomic E-state index is 9.53. The molecule has 3 N–H and O–H groups in total. The summed E-state index contributed by atoms with van der Waals surface area (Å²) in [5.74, 6) is 0. The molecule has 0 rings (SSSR count). The van der Waals surface area contributed by atoms with Crippen molar-refractivity contribution in [2.24, 2.45) is 0 Å². The van der Waals surface area contributed by atoms with Gasteiger partial charge in [-0.05, 0) is 26.7 Å². The van der Waals surface area contributed by atoms with Crippen molar-refractivity contribution in [1.29, 1.82) is 0 Å². The first kappa shape index (κ1) is 16.8. The highest BCUT2D eigenvalue weighted by Gasteiger charge is 2.23. The van der Waals surface area contributed by atoms with Crippen LogP contribution in [-0.2, 0) is 9.47 Å². The zero-order valence-corrected chi connectivity index (χ0v) is 11.2. The van der Waals surface area contributed by atoms with Crippen LogP contribution < -0.4 is 0 Å². The first-order chi connectivity index (χ1) is 7.92. The van der Waals surface area contributed by atoms with Crippen LogP contribution >= 0.6 is 0 Å². The van der Waals surface area contributed by atoms with Crippen molar-refractivity contribution in [1.82, 2.24) is 0 Å². The first-order valence-electron chi connectivity index (χ1n) is 6.23. The molecular formula is C12H26O5. The lowest BCUT2D eigenvalue weighted by molar-refractivity contribution is -0.186. The van der Waals surface area contributed by atoms with E-state index in [-0.39, 0.29) is 12.7 Å². The Bertz CT molecular complexity index is 180. The summed E-state index contributed by atoms with van der Waals surface area (Å²) >= 11 is 0. The largest absolute Gasteiger partial charge is 0.391 e. The summed E-state index contributed by atoms with van der Waals surface area (Å²) in [4.78, 5) is 0. The molecule has 0 heterocycles. The van der Waals surface area contributed by atoms with Crippen LogP contribution in [0.3, 0.4) is 0 Å². The minimum Gasteiger partial charge on any atom is -0.391 e. The van der Waals surface area contributed by atoms with Crippen molar-refractivity contribution < 1.29 is 24.8 Å². The molecule has 0 aromatic carbocycles. The van der Waals surface area contributed by atoms with Gasteiger partial charge < -0.3 is 24.8 Å². The monoisotopic (exact) mass is 250 g/mol. The van der Waals surface area contributed by atoms with Gasteiger partial charge in [0.1, 0.15) is 12.2 Å². The van der Waals surface area contributed by atoms with E-state index in [0.29, 0.717) is 0 Å². The second-order valence-corrected chi connectivity index (χ2v) is 4.31. The molecule has 0 aliphatic heterocycles. The average molecular weight is 250 g/mol. The van der Waals surface area contributed by atoms with Gasteiger partial charge in [0.2, 0.25) is 0 Å². The number of aliphatic hydroxyl groups is 3. The standard InChI is InChI=1S/C12H26O5/c1-5-10(6-2)16-7-11(8(3)13)17-9(4)12(14)15/h8-15H,5-7H2,1-4H3. The summed E-state index contributed by atoms with van der Waals surface area (Å²) < 4.78 is 10.9. The summed E-state index contributed by atoms with van der Waals surface area (Å²) in [5, 5.41) is 27.4. The molecule has 3 unspecified atom stereocenters. The molecule has 0 aliphatic rings. The molecule has 0 fully saturated rings. The number of aliphatic hydroxyl groups excluding tert-OH is 2. The summed E-state index contributed by atoms with van der Waals surface area (Å²) in [7, 11) is 0. The molecule has 5 nitrogen and oxygen atoms in total. The van der Waals surface area contributed by atoms with Gasteiger partial charge in [0.25, 0.3) is 0 Å². The smallest absolute Gasteiger partial charge is 0.178 e. The minimum absolute atomic E-state index is 0.147. The molecule has 3 atom stereocenters. The lowest BCUT2D eigenvalue weighted by atomic mass is 10.2. The SMILES string of the molecule is CCC(CC)OCC(OC(C)C(O)O)C(C)O. The van der Waals surface area contributed by atoms with Crippen molar-refractivity contribution in [2.75, 3.05) is 6.61 Å². The number of hydrogen-bond donors (Lipinski definition) is 3. The summed E-state index contributed by atoms with van der Waals surface area (Å²) in [5.41, 5.74) is 0. The van der Waals surface area contributed by atoms with Gasteiger partial charge in [-0.15, -0.1) is 0 Å². The van der Waals surface area contributed by atoms with Gasteiger partial charge in [-0.1, -0.05) is 13.8 Å². The molecule has 0 saturated carbocycles. The molecule has 104 valence electrons. The number of ether oxygens (including phenoxy) is 2. The summed E-state index contributed by atoms with van der Waals surface area (Å²) in [6, 6.07) is 0. The Hall–Kier alpha value is -0.200. The molecule has 0 aromatic rings. The van der Waals surface area contributed by atoms with E-state index in [4.69, 9.17) is 19.7 Å². The van der Waals surface area contributed by atoms with E-state index in [1.54, 1.807) is 6.92 Å². The number of rotatable bonds is 9. The van der Waals surface area contributed by atoms with Crippen LogP contribution in [0.2, 0.25) is 0 Å². The van der Waals surface area contributed by atoms with Crippen LogP contribution in [0, 0.1) is 0 Å². The van der Waals surface area contributed by atoms with Crippen LogP contribution in [0.5, 0.6) is 0 Å². The van der Waals surface area contributed by atoms with Gasteiger partial charge in [0.05, 0.1) is 18.8 Å². The van der Waals surface area contributed by atoms with E-state index in [2.05, 4.69) is 0 Å². The summed E-state index contributed by atoms with van der Waals surface area (Å²) in [6.07, 6.45) is -1.61. The van der Waals surface area contributed by atoms with Gasteiger partial charge in [-0.25, -0.2) is 0 Å². The van der Waals surface area contributed by atoms with Crippen LogP contribution in [0.1, 0.15) is 40.5 Å². The molecule has 0 spiro atoms. The van der Waals surface area contributed by atoms with E-state index in [0.717, 1.165) is 12.8 Å². The number of hydrogen-bond acceptors (Lipinski definition) is 5. The Morgan fingerprint density at radius 3 is 1.88 bits per heavy atom. The van der Waals surface area contributed by atoms with Crippen molar-refractivity contribution in [2.45, 2.75) is 71.2 Å². The van der Waals surface area contributed by atoms with E-state index < -0.39 is 24.6 Å². The van der Waals surface area contributed by atoms with E-state index >= 15 is 0 Å². The Balaban J connectivity index is 4.15. The van der Waals surface area contributed by atoms with Gasteiger partial charge in [-0.2, -0.15) is 0 Å². The minimum atomic E-state index is -1.55. The first-order valence-corrected chi connectivity index (χ1v) is 6.23. The molecule has 0 bridgehead atoms. The van der Waals surface area contributed by atoms with Gasteiger partial charge in [-0.3, -0.25) is 0 Å². The Kier molecular flexibility index (Phi) is 8.72. The fraction of sp³-hybridized carbons (Fsp3) is 1.00. The molecule has 0 aromatic heterocycles.